The molecule has 0 radical (unpaired) electrons. The number of thiocarbonyl (C=S) groups is 1. The minimum Gasteiger partial charge on any atom is -0.336 e. The van der Waals surface area contributed by atoms with Crippen molar-refractivity contribution in [3.05, 3.63) is 69.0 Å². The fourth-order valence-electron chi connectivity index (χ4n) is 1.93. The van der Waals surface area contributed by atoms with Gasteiger partial charge in [-0.15, -0.1) is 0 Å². The van der Waals surface area contributed by atoms with Gasteiger partial charge in [-0.1, -0.05) is 36.1 Å². The Kier molecular flexibility index (Phi) is 5.68. The number of nitro groups is 1. The summed E-state index contributed by atoms with van der Waals surface area (Å²) in [7, 11) is 0. The van der Waals surface area contributed by atoms with Gasteiger partial charge in [0.05, 0.1) is 4.92 Å². The van der Waals surface area contributed by atoms with Crippen molar-refractivity contribution in [2.45, 2.75) is 19.6 Å². The van der Waals surface area contributed by atoms with E-state index in [-0.39, 0.29) is 11.5 Å². The van der Waals surface area contributed by atoms with Gasteiger partial charge < -0.3 is 5.32 Å². The van der Waals surface area contributed by atoms with E-state index in [1.54, 1.807) is 18.2 Å². The van der Waals surface area contributed by atoms with E-state index in [4.69, 9.17) is 12.2 Å². The third-order valence-corrected chi connectivity index (χ3v) is 4.63. The summed E-state index contributed by atoms with van der Waals surface area (Å²) in [5, 5.41) is 14.1. The summed E-state index contributed by atoms with van der Waals surface area (Å²) in [5.41, 5.74) is 3.11. The number of nitro benzene ring substituents is 1. The number of anilines is 1. The van der Waals surface area contributed by atoms with Crippen LogP contribution < -0.4 is 5.32 Å². The minimum atomic E-state index is -0.429. The topological polar surface area (TPSA) is 55.2 Å². The van der Waals surface area contributed by atoms with Crippen molar-refractivity contribution in [2.24, 2.45) is 0 Å². The zero-order chi connectivity index (χ0) is 17.0. The van der Waals surface area contributed by atoms with Gasteiger partial charge >= 0.3 is 0 Å². The van der Waals surface area contributed by atoms with E-state index in [0.717, 1.165) is 16.7 Å². The molecule has 0 amide bonds. The Morgan fingerprint density at radius 2 is 1.87 bits per heavy atom. The average molecular weight is 350 g/mol. The summed E-state index contributed by atoms with van der Waals surface area (Å²) < 4.78 is 13.3. The Hall–Kier alpha value is -1.99. The molecule has 0 atom stereocenters. The molecule has 0 aromatic heterocycles. The molecule has 120 valence electrons. The van der Waals surface area contributed by atoms with Crippen LogP contribution in [0.2, 0.25) is 0 Å². The standard InChI is InChI=1S/C16H15FN2O2S2/c1-10-7-14(15(19(20)21)8-11(10)2)18-16(22)23-9-12-3-5-13(17)6-4-12/h3-8H,9H2,1-2H3,(H,18,22). The lowest BCUT2D eigenvalue weighted by Crippen LogP contribution is -2.08. The van der Waals surface area contributed by atoms with Crippen LogP contribution in [0, 0.1) is 29.8 Å². The second-order valence-electron chi connectivity index (χ2n) is 5.04. The molecule has 0 aliphatic heterocycles. The smallest absolute Gasteiger partial charge is 0.292 e. The minimum absolute atomic E-state index is 0.00201. The molecule has 2 rings (SSSR count). The summed E-state index contributed by atoms with van der Waals surface area (Å²) in [4.78, 5) is 10.7. The van der Waals surface area contributed by atoms with E-state index in [0.29, 0.717) is 15.8 Å². The molecule has 4 nitrogen and oxygen atoms in total. The number of hydrogen-bond donors (Lipinski definition) is 1. The first-order chi connectivity index (χ1) is 10.9. The summed E-state index contributed by atoms with van der Waals surface area (Å²) in [6.07, 6.45) is 0. The Morgan fingerprint density at radius 1 is 1.26 bits per heavy atom. The molecule has 0 fully saturated rings. The largest absolute Gasteiger partial charge is 0.336 e. The monoisotopic (exact) mass is 350 g/mol. The summed E-state index contributed by atoms with van der Waals surface area (Å²) in [6.45, 7) is 3.71. The molecule has 2 aromatic carbocycles. The van der Waals surface area contributed by atoms with E-state index >= 15 is 0 Å². The first-order valence-electron chi connectivity index (χ1n) is 6.80. The van der Waals surface area contributed by atoms with Crippen LogP contribution >= 0.6 is 24.0 Å². The normalized spacial score (nSPS) is 10.4. The van der Waals surface area contributed by atoms with Crippen molar-refractivity contribution in [1.82, 2.24) is 0 Å². The van der Waals surface area contributed by atoms with Crippen molar-refractivity contribution in [3.8, 4) is 0 Å². The van der Waals surface area contributed by atoms with Crippen LogP contribution in [0.5, 0.6) is 0 Å². The Labute approximate surface area is 143 Å². The van der Waals surface area contributed by atoms with Gasteiger partial charge in [-0.2, -0.15) is 0 Å². The van der Waals surface area contributed by atoms with Gasteiger partial charge in [0.1, 0.15) is 15.8 Å². The third-order valence-electron chi connectivity index (χ3n) is 3.33. The van der Waals surface area contributed by atoms with Crippen molar-refractivity contribution >= 4 is 39.7 Å². The lowest BCUT2D eigenvalue weighted by molar-refractivity contribution is -0.384. The molecule has 0 aliphatic rings. The van der Waals surface area contributed by atoms with E-state index in [1.807, 2.05) is 13.8 Å². The number of thioether (sulfide) groups is 1. The molecule has 0 saturated carbocycles. The second kappa shape index (κ2) is 7.52. The molecular weight excluding hydrogens is 335 g/mol. The van der Waals surface area contributed by atoms with Crippen molar-refractivity contribution in [1.29, 1.82) is 0 Å². The Morgan fingerprint density at radius 3 is 2.48 bits per heavy atom. The predicted octanol–water partition coefficient (Wildman–Crippen LogP) is 4.98. The lowest BCUT2D eigenvalue weighted by atomic mass is 10.1. The zero-order valence-corrected chi connectivity index (χ0v) is 14.3. The summed E-state index contributed by atoms with van der Waals surface area (Å²) in [5.74, 6) is 0.273. The number of aryl methyl sites for hydroxylation is 2. The van der Waals surface area contributed by atoms with Crippen LogP contribution in [0.15, 0.2) is 36.4 Å². The van der Waals surface area contributed by atoms with Crippen LogP contribution in [-0.4, -0.2) is 9.24 Å². The van der Waals surface area contributed by atoms with Gasteiger partial charge in [0.25, 0.3) is 5.69 Å². The molecular formula is C16H15FN2O2S2. The van der Waals surface area contributed by atoms with E-state index in [1.165, 1.54) is 30.0 Å². The first kappa shape index (κ1) is 17.4. The molecule has 7 heteroatoms. The van der Waals surface area contributed by atoms with Gasteiger partial charge in [-0.05, 0) is 48.7 Å². The van der Waals surface area contributed by atoms with Gasteiger partial charge in [0.2, 0.25) is 0 Å². The zero-order valence-electron chi connectivity index (χ0n) is 12.6. The van der Waals surface area contributed by atoms with Gasteiger partial charge in [0, 0.05) is 11.8 Å². The molecule has 0 saturated heterocycles. The van der Waals surface area contributed by atoms with Crippen LogP contribution in [0.25, 0.3) is 0 Å². The SMILES string of the molecule is Cc1cc(NC(=S)SCc2ccc(F)cc2)c([N+](=O)[O-])cc1C. The lowest BCUT2D eigenvalue weighted by Gasteiger charge is -2.10. The number of benzene rings is 2. The second-order valence-corrected chi connectivity index (χ2v) is 6.69. The number of halogens is 1. The van der Waals surface area contributed by atoms with Crippen LogP contribution in [0.4, 0.5) is 15.8 Å². The fourth-order valence-corrected chi connectivity index (χ4v) is 2.89. The highest BCUT2D eigenvalue weighted by atomic mass is 32.2. The van der Waals surface area contributed by atoms with Crippen molar-refractivity contribution < 1.29 is 9.31 Å². The Balaban J connectivity index is 2.06. The molecule has 0 aliphatic carbocycles. The third kappa shape index (κ3) is 4.74. The highest BCUT2D eigenvalue weighted by Gasteiger charge is 2.16. The van der Waals surface area contributed by atoms with E-state index in [2.05, 4.69) is 5.32 Å². The van der Waals surface area contributed by atoms with E-state index < -0.39 is 4.92 Å². The molecule has 0 unspecified atom stereocenters. The molecule has 0 heterocycles. The number of hydrogen-bond acceptors (Lipinski definition) is 4. The Bertz CT molecular complexity index is 748. The maximum atomic E-state index is 12.9. The van der Waals surface area contributed by atoms with Gasteiger partial charge in [-0.3, -0.25) is 10.1 Å². The van der Waals surface area contributed by atoms with Gasteiger partial charge in [0.15, 0.2) is 0 Å². The maximum absolute atomic E-state index is 12.9. The number of nitrogens with one attached hydrogen (secondary N) is 1. The highest BCUT2D eigenvalue weighted by Crippen LogP contribution is 2.29. The average Bonchev–Trinajstić information content (AvgIpc) is 2.50. The number of nitrogens with zero attached hydrogens (tertiary/aromatic N) is 1. The fraction of sp³-hybridized carbons (Fsp3) is 0.188. The van der Waals surface area contributed by atoms with E-state index in [9.17, 15) is 14.5 Å². The molecule has 0 spiro atoms. The van der Waals surface area contributed by atoms with Crippen molar-refractivity contribution in [2.75, 3.05) is 5.32 Å². The van der Waals surface area contributed by atoms with Crippen LogP contribution in [-0.2, 0) is 5.75 Å². The number of rotatable bonds is 4. The highest BCUT2D eigenvalue weighted by molar-refractivity contribution is 8.22. The van der Waals surface area contributed by atoms with Crippen molar-refractivity contribution in [3.63, 3.8) is 0 Å². The summed E-state index contributed by atoms with van der Waals surface area (Å²) in [6, 6.07) is 9.40. The van der Waals surface area contributed by atoms with Crippen LogP contribution in [0.1, 0.15) is 16.7 Å². The predicted molar refractivity (Wildman–Crippen MR) is 96.5 cm³/mol. The quantitative estimate of drug-likeness (QED) is 0.479. The maximum Gasteiger partial charge on any atom is 0.292 e. The summed E-state index contributed by atoms with van der Waals surface area (Å²) >= 11 is 6.57. The molecule has 0 bridgehead atoms. The molecule has 23 heavy (non-hydrogen) atoms. The first-order valence-corrected chi connectivity index (χ1v) is 8.20. The molecule has 2 aromatic rings. The van der Waals surface area contributed by atoms with Crippen LogP contribution in [0.3, 0.4) is 0 Å². The van der Waals surface area contributed by atoms with Gasteiger partial charge in [-0.25, -0.2) is 4.39 Å². The molecule has 1 N–H and O–H groups in total.